The number of hydrogen-bond donors (Lipinski definition) is 1. The van der Waals surface area contributed by atoms with Gasteiger partial charge in [0.1, 0.15) is 11.3 Å². The highest BCUT2D eigenvalue weighted by Gasteiger charge is 2.13. The van der Waals surface area contributed by atoms with Crippen LogP contribution in [0, 0.1) is 6.92 Å². The summed E-state index contributed by atoms with van der Waals surface area (Å²) in [5.74, 6) is 0.0203. The molecule has 0 saturated carbocycles. The Morgan fingerprint density at radius 2 is 1.93 bits per heavy atom. The first kappa shape index (κ1) is 20.0. The number of aryl methyl sites for hydroxylation is 2. The van der Waals surface area contributed by atoms with Crippen molar-refractivity contribution in [1.29, 1.82) is 0 Å². The van der Waals surface area contributed by atoms with Gasteiger partial charge in [0.15, 0.2) is 6.61 Å². The quantitative estimate of drug-likeness (QED) is 0.616. The second-order valence-electron chi connectivity index (χ2n) is 6.70. The maximum absolute atomic E-state index is 12.3. The van der Waals surface area contributed by atoms with Crippen molar-refractivity contribution < 1.29 is 13.9 Å². The molecule has 0 saturated heterocycles. The van der Waals surface area contributed by atoms with E-state index in [1.807, 2.05) is 19.1 Å². The number of amides is 1. The Morgan fingerprint density at radius 1 is 1.21 bits per heavy atom. The lowest BCUT2D eigenvalue weighted by atomic mass is 10.1. The molecule has 0 fully saturated rings. The van der Waals surface area contributed by atoms with E-state index in [4.69, 9.17) is 20.8 Å². The monoisotopic (exact) mass is 399 g/mol. The average Bonchev–Trinajstić information content (AvgIpc) is 2.67. The summed E-state index contributed by atoms with van der Waals surface area (Å²) in [5.41, 5.74) is 2.96. The van der Waals surface area contributed by atoms with Crippen LogP contribution in [0.4, 0.5) is 0 Å². The second-order valence-corrected chi connectivity index (χ2v) is 7.11. The molecule has 1 atom stereocenters. The lowest BCUT2D eigenvalue weighted by molar-refractivity contribution is -0.123. The minimum atomic E-state index is -0.445. The van der Waals surface area contributed by atoms with Crippen molar-refractivity contribution >= 4 is 28.5 Å². The van der Waals surface area contributed by atoms with Crippen LogP contribution in [0.2, 0.25) is 5.02 Å². The van der Waals surface area contributed by atoms with Gasteiger partial charge in [0.2, 0.25) is 0 Å². The highest BCUT2D eigenvalue weighted by molar-refractivity contribution is 6.32. The largest absolute Gasteiger partial charge is 0.482 e. The number of fused-ring (bicyclic) bond motifs is 1. The number of carbonyl (C=O) groups excluding carboxylic acids is 1. The van der Waals surface area contributed by atoms with E-state index in [0.29, 0.717) is 10.6 Å². The van der Waals surface area contributed by atoms with Gasteiger partial charge < -0.3 is 14.5 Å². The molecule has 28 heavy (non-hydrogen) atoms. The lowest BCUT2D eigenvalue weighted by Gasteiger charge is -2.15. The minimum absolute atomic E-state index is 0.144. The Morgan fingerprint density at radius 3 is 2.61 bits per heavy atom. The molecule has 6 heteroatoms. The van der Waals surface area contributed by atoms with Gasteiger partial charge in [-0.25, -0.2) is 4.79 Å². The van der Waals surface area contributed by atoms with E-state index in [2.05, 4.69) is 24.4 Å². The van der Waals surface area contributed by atoms with Crippen LogP contribution in [0.5, 0.6) is 5.75 Å². The molecule has 3 aromatic rings. The Hall–Kier alpha value is -2.79. The molecular weight excluding hydrogens is 378 g/mol. The number of nitrogens with one attached hydrogen (secondary N) is 1. The van der Waals surface area contributed by atoms with E-state index < -0.39 is 5.63 Å². The standard InChI is InChI=1S/C22H22ClNO4/c1-4-15-5-7-16(8-6-15)14(3)24-21(25)12-27-20-11-19-17(10-18(20)23)13(2)9-22(26)28-19/h5-11,14H,4,12H2,1-3H3,(H,24,25). The summed E-state index contributed by atoms with van der Waals surface area (Å²) in [5, 5.41) is 3.97. The van der Waals surface area contributed by atoms with Gasteiger partial charge in [0, 0.05) is 17.5 Å². The fourth-order valence-corrected chi connectivity index (χ4v) is 3.20. The van der Waals surface area contributed by atoms with E-state index >= 15 is 0 Å². The van der Waals surface area contributed by atoms with E-state index in [9.17, 15) is 9.59 Å². The van der Waals surface area contributed by atoms with E-state index in [1.165, 1.54) is 17.7 Å². The van der Waals surface area contributed by atoms with Crippen molar-refractivity contribution in [1.82, 2.24) is 5.32 Å². The van der Waals surface area contributed by atoms with Gasteiger partial charge in [-0.1, -0.05) is 42.8 Å². The maximum atomic E-state index is 12.3. The number of ether oxygens (including phenoxy) is 1. The molecule has 0 radical (unpaired) electrons. The van der Waals surface area contributed by atoms with Crippen molar-refractivity contribution in [3.05, 3.63) is 74.6 Å². The molecular formula is C22H22ClNO4. The lowest BCUT2D eigenvalue weighted by Crippen LogP contribution is -2.31. The highest BCUT2D eigenvalue weighted by atomic mass is 35.5. The van der Waals surface area contributed by atoms with Gasteiger partial charge in [-0.05, 0) is 43.0 Å². The van der Waals surface area contributed by atoms with Crippen molar-refractivity contribution in [3.63, 3.8) is 0 Å². The number of carbonyl (C=O) groups is 1. The molecule has 1 heterocycles. The Bertz CT molecular complexity index is 1060. The van der Waals surface area contributed by atoms with Crippen LogP contribution in [0.15, 0.2) is 51.7 Å². The zero-order valence-corrected chi connectivity index (χ0v) is 16.8. The molecule has 0 spiro atoms. The molecule has 0 bridgehead atoms. The maximum Gasteiger partial charge on any atom is 0.336 e. The van der Waals surface area contributed by atoms with Crippen LogP contribution in [-0.2, 0) is 11.2 Å². The molecule has 3 rings (SSSR count). The summed E-state index contributed by atoms with van der Waals surface area (Å²) in [6, 6.07) is 12.6. The van der Waals surface area contributed by atoms with Gasteiger partial charge >= 0.3 is 5.63 Å². The summed E-state index contributed by atoms with van der Waals surface area (Å²) in [4.78, 5) is 23.8. The van der Waals surface area contributed by atoms with Crippen molar-refractivity contribution in [2.24, 2.45) is 0 Å². The van der Waals surface area contributed by atoms with Crippen LogP contribution >= 0.6 is 11.6 Å². The van der Waals surface area contributed by atoms with Crippen molar-refractivity contribution in [2.75, 3.05) is 6.61 Å². The summed E-state index contributed by atoms with van der Waals surface area (Å²) >= 11 is 6.25. The predicted molar refractivity (Wildman–Crippen MR) is 110 cm³/mol. The first-order valence-electron chi connectivity index (χ1n) is 9.12. The van der Waals surface area contributed by atoms with Crippen LogP contribution in [0.3, 0.4) is 0 Å². The summed E-state index contributed by atoms with van der Waals surface area (Å²) in [6.07, 6.45) is 0.973. The van der Waals surface area contributed by atoms with E-state index in [1.54, 1.807) is 13.0 Å². The molecule has 1 aromatic heterocycles. The van der Waals surface area contributed by atoms with Crippen LogP contribution in [-0.4, -0.2) is 12.5 Å². The first-order valence-corrected chi connectivity index (χ1v) is 9.50. The van der Waals surface area contributed by atoms with Gasteiger partial charge in [-0.3, -0.25) is 4.79 Å². The normalized spacial score (nSPS) is 12.0. The molecule has 0 aliphatic carbocycles. The molecule has 0 aliphatic heterocycles. The van der Waals surface area contributed by atoms with E-state index in [0.717, 1.165) is 22.9 Å². The Labute approximate surface area is 168 Å². The topological polar surface area (TPSA) is 68.5 Å². The zero-order valence-electron chi connectivity index (χ0n) is 16.0. The average molecular weight is 400 g/mol. The number of benzene rings is 2. The number of rotatable bonds is 6. The predicted octanol–water partition coefficient (Wildman–Crippen LogP) is 4.57. The minimum Gasteiger partial charge on any atom is -0.482 e. The molecule has 2 aromatic carbocycles. The smallest absolute Gasteiger partial charge is 0.336 e. The summed E-state index contributed by atoms with van der Waals surface area (Å²) < 4.78 is 10.7. The second kappa shape index (κ2) is 8.48. The molecule has 0 aliphatic rings. The van der Waals surface area contributed by atoms with Gasteiger partial charge in [0.05, 0.1) is 11.1 Å². The molecule has 1 amide bonds. The van der Waals surface area contributed by atoms with Crippen LogP contribution in [0.25, 0.3) is 11.0 Å². The van der Waals surface area contributed by atoms with E-state index in [-0.39, 0.29) is 24.3 Å². The van der Waals surface area contributed by atoms with Crippen LogP contribution < -0.4 is 15.7 Å². The molecule has 1 unspecified atom stereocenters. The molecule has 1 N–H and O–H groups in total. The highest BCUT2D eigenvalue weighted by Crippen LogP contribution is 2.31. The van der Waals surface area contributed by atoms with Crippen LogP contribution in [0.1, 0.15) is 36.6 Å². The zero-order chi connectivity index (χ0) is 20.3. The van der Waals surface area contributed by atoms with Gasteiger partial charge in [-0.15, -0.1) is 0 Å². The third kappa shape index (κ3) is 4.54. The third-order valence-corrected chi connectivity index (χ3v) is 4.92. The molecule has 5 nitrogen and oxygen atoms in total. The van der Waals surface area contributed by atoms with Gasteiger partial charge in [0.25, 0.3) is 5.91 Å². The first-order chi connectivity index (χ1) is 13.4. The molecule has 146 valence electrons. The van der Waals surface area contributed by atoms with Crippen molar-refractivity contribution in [2.45, 2.75) is 33.2 Å². The summed E-state index contributed by atoms with van der Waals surface area (Å²) in [6.45, 7) is 5.62. The Balaban J connectivity index is 1.66. The fourth-order valence-electron chi connectivity index (χ4n) is 2.98. The fraction of sp³-hybridized carbons (Fsp3) is 0.273. The Kier molecular flexibility index (Phi) is 6.05. The SMILES string of the molecule is CCc1ccc(C(C)NC(=O)COc2cc3oc(=O)cc(C)c3cc2Cl)cc1. The summed E-state index contributed by atoms with van der Waals surface area (Å²) in [7, 11) is 0. The number of hydrogen-bond acceptors (Lipinski definition) is 4. The van der Waals surface area contributed by atoms with Crippen molar-refractivity contribution in [3.8, 4) is 5.75 Å². The van der Waals surface area contributed by atoms with Gasteiger partial charge in [-0.2, -0.15) is 0 Å². The third-order valence-electron chi connectivity index (χ3n) is 4.63. The number of halogens is 1.